The van der Waals surface area contributed by atoms with Crippen LogP contribution in [0.2, 0.25) is 10.0 Å². The Kier molecular flexibility index (Phi) is 6.63. The standard InChI is InChI=1S/C19H18Cl2N4O/c20-15-7-8-17(18(21)11-15)19(12-25-14-22-13-24-25)23-9-4-10-26-16-5-2-1-3-6-16/h1-3,5-8,11,13-14H,4,9-10,12H2. The number of ether oxygens (including phenoxy) is 1. The average molecular weight is 389 g/mol. The molecule has 5 nitrogen and oxygen atoms in total. The fraction of sp³-hybridized carbons (Fsp3) is 0.211. The molecule has 134 valence electrons. The Hall–Kier alpha value is -2.37. The average Bonchev–Trinajstić information content (AvgIpc) is 3.15. The van der Waals surface area contributed by atoms with Crippen LogP contribution < -0.4 is 4.74 Å². The monoisotopic (exact) mass is 388 g/mol. The van der Waals surface area contributed by atoms with Crippen molar-refractivity contribution in [1.29, 1.82) is 0 Å². The molecule has 7 heteroatoms. The molecule has 0 aliphatic heterocycles. The zero-order valence-corrected chi connectivity index (χ0v) is 15.6. The first-order chi connectivity index (χ1) is 12.7. The summed E-state index contributed by atoms with van der Waals surface area (Å²) in [5.74, 6) is 0.861. The summed E-state index contributed by atoms with van der Waals surface area (Å²) in [7, 11) is 0. The molecule has 3 rings (SSSR count). The number of nitrogens with zero attached hydrogens (tertiary/aromatic N) is 4. The van der Waals surface area contributed by atoms with E-state index in [4.69, 9.17) is 32.9 Å². The predicted octanol–water partition coefficient (Wildman–Crippen LogP) is 4.54. The fourth-order valence-corrected chi connectivity index (χ4v) is 2.91. The number of halogens is 2. The Labute approximate surface area is 162 Å². The molecule has 0 bridgehead atoms. The van der Waals surface area contributed by atoms with Crippen molar-refractivity contribution in [3.8, 4) is 5.75 Å². The van der Waals surface area contributed by atoms with Gasteiger partial charge in [0, 0.05) is 23.6 Å². The Balaban J connectivity index is 1.65. The van der Waals surface area contributed by atoms with Gasteiger partial charge in [0.25, 0.3) is 0 Å². The molecule has 1 heterocycles. The molecule has 0 spiro atoms. The van der Waals surface area contributed by atoms with Crippen molar-refractivity contribution < 1.29 is 4.74 Å². The van der Waals surface area contributed by atoms with Crippen molar-refractivity contribution in [2.75, 3.05) is 13.2 Å². The number of aliphatic imine (C=N–C) groups is 1. The third-order valence-corrected chi connectivity index (χ3v) is 4.19. The van der Waals surface area contributed by atoms with E-state index in [9.17, 15) is 0 Å². The van der Waals surface area contributed by atoms with E-state index in [1.54, 1.807) is 23.1 Å². The Morgan fingerprint density at radius 2 is 1.96 bits per heavy atom. The third-order valence-electron chi connectivity index (χ3n) is 3.64. The molecule has 0 unspecified atom stereocenters. The number of rotatable bonds is 8. The number of para-hydroxylation sites is 1. The van der Waals surface area contributed by atoms with Crippen LogP contribution in [-0.2, 0) is 6.54 Å². The van der Waals surface area contributed by atoms with E-state index < -0.39 is 0 Å². The molecule has 0 N–H and O–H groups in total. The largest absolute Gasteiger partial charge is 0.494 e. The van der Waals surface area contributed by atoms with Crippen molar-refractivity contribution in [3.63, 3.8) is 0 Å². The van der Waals surface area contributed by atoms with Crippen LogP contribution in [-0.4, -0.2) is 33.6 Å². The first kappa shape index (κ1) is 18.4. The summed E-state index contributed by atoms with van der Waals surface area (Å²) < 4.78 is 7.41. The molecule has 0 amide bonds. The maximum Gasteiger partial charge on any atom is 0.137 e. The van der Waals surface area contributed by atoms with Crippen LogP contribution in [0.4, 0.5) is 0 Å². The van der Waals surface area contributed by atoms with Crippen LogP contribution >= 0.6 is 23.2 Å². The van der Waals surface area contributed by atoms with Crippen LogP contribution in [0.5, 0.6) is 5.75 Å². The summed E-state index contributed by atoms with van der Waals surface area (Å²) in [4.78, 5) is 8.68. The van der Waals surface area contributed by atoms with Gasteiger partial charge >= 0.3 is 0 Å². The van der Waals surface area contributed by atoms with Gasteiger partial charge in [-0.05, 0) is 24.3 Å². The van der Waals surface area contributed by atoms with Crippen LogP contribution in [0.1, 0.15) is 12.0 Å². The Bertz CT molecular complexity index is 851. The molecule has 0 aliphatic carbocycles. The minimum Gasteiger partial charge on any atom is -0.494 e. The van der Waals surface area contributed by atoms with E-state index in [1.807, 2.05) is 36.4 Å². The van der Waals surface area contributed by atoms with E-state index >= 15 is 0 Å². The number of benzene rings is 2. The minimum atomic E-state index is 0.487. The summed E-state index contributed by atoms with van der Waals surface area (Å²) in [6.07, 6.45) is 3.94. The van der Waals surface area contributed by atoms with Gasteiger partial charge < -0.3 is 4.74 Å². The molecule has 1 aromatic heterocycles. The molecule has 0 atom stereocenters. The fourth-order valence-electron chi connectivity index (χ4n) is 2.40. The summed E-state index contributed by atoms with van der Waals surface area (Å²) >= 11 is 12.3. The molecule has 0 fully saturated rings. The van der Waals surface area contributed by atoms with E-state index in [1.165, 1.54) is 6.33 Å². The normalized spacial score (nSPS) is 11.5. The quantitative estimate of drug-likeness (QED) is 0.420. The van der Waals surface area contributed by atoms with Gasteiger partial charge in [-0.25, -0.2) is 9.67 Å². The highest BCUT2D eigenvalue weighted by atomic mass is 35.5. The van der Waals surface area contributed by atoms with Gasteiger partial charge in [-0.1, -0.05) is 47.5 Å². The van der Waals surface area contributed by atoms with Crippen molar-refractivity contribution >= 4 is 28.9 Å². The zero-order valence-electron chi connectivity index (χ0n) is 14.1. The molecule has 2 aromatic carbocycles. The van der Waals surface area contributed by atoms with Crippen LogP contribution in [0.25, 0.3) is 0 Å². The zero-order chi connectivity index (χ0) is 18.2. The lowest BCUT2D eigenvalue weighted by Crippen LogP contribution is -2.14. The van der Waals surface area contributed by atoms with Crippen molar-refractivity contribution in [1.82, 2.24) is 14.8 Å². The van der Waals surface area contributed by atoms with Crippen LogP contribution in [0.15, 0.2) is 66.2 Å². The highest BCUT2D eigenvalue weighted by molar-refractivity contribution is 6.37. The van der Waals surface area contributed by atoms with Crippen LogP contribution in [0, 0.1) is 0 Å². The van der Waals surface area contributed by atoms with E-state index in [0.29, 0.717) is 29.7 Å². The molecule has 0 radical (unpaired) electrons. The maximum atomic E-state index is 6.35. The SMILES string of the molecule is Clc1ccc(C(Cn2cncn2)=NCCCOc2ccccc2)c(Cl)c1. The van der Waals surface area contributed by atoms with Crippen LogP contribution in [0.3, 0.4) is 0 Å². The highest BCUT2D eigenvalue weighted by Crippen LogP contribution is 2.22. The van der Waals surface area contributed by atoms with E-state index in [2.05, 4.69) is 10.1 Å². The lowest BCUT2D eigenvalue weighted by Gasteiger charge is -2.10. The second-order valence-corrected chi connectivity index (χ2v) is 6.40. The van der Waals surface area contributed by atoms with E-state index in [-0.39, 0.29) is 0 Å². The van der Waals surface area contributed by atoms with Gasteiger partial charge in [0.1, 0.15) is 18.4 Å². The lowest BCUT2D eigenvalue weighted by molar-refractivity contribution is 0.313. The minimum absolute atomic E-state index is 0.487. The topological polar surface area (TPSA) is 52.3 Å². The summed E-state index contributed by atoms with van der Waals surface area (Å²) in [6, 6.07) is 15.1. The summed E-state index contributed by atoms with van der Waals surface area (Å²) in [6.45, 7) is 1.70. The lowest BCUT2D eigenvalue weighted by atomic mass is 10.1. The summed E-state index contributed by atoms with van der Waals surface area (Å²) in [5.41, 5.74) is 1.67. The molecule has 26 heavy (non-hydrogen) atoms. The van der Waals surface area contributed by atoms with Gasteiger partial charge in [0.2, 0.25) is 0 Å². The molecule has 0 saturated heterocycles. The van der Waals surface area contributed by atoms with E-state index in [0.717, 1.165) is 23.4 Å². The maximum absolute atomic E-state index is 6.35. The number of hydrogen-bond donors (Lipinski definition) is 0. The summed E-state index contributed by atoms with van der Waals surface area (Å²) in [5, 5.41) is 5.30. The van der Waals surface area contributed by atoms with Gasteiger partial charge in [0.05, 0.1) is 23.9 Å². The molecule has 0 aliphatic rings. The van der Waals surface area contributed by atoms with Crippen molar-refractivity contribution in [3.05, 3.63) is 76.8 Å². The Morgan fingerprint density at radius 3 is 2.69 bits per heavy atom. The molecule has 0 saturated carbocycles. The first-order valence-corrected chi connectivity index (χ1v) is 8.97. The second kappa shape index (κ2) is 9.36. The van der Waals surface area contributed by atoms with Gasteiger partial charge in [-0.15, -0.1) is 0 Å². The van der Waals surface area contributed by atoms with Gasteiger partial charge in [0.15, 0.2) is 0 Å². The van der Waals surface area contributed by atoms with Crippen molar-refractivity contribution in [2.45, 2.75) is 13.0 Å². The second-order valence-electron chi connectivity index (χ2n) is 5.56. The number of hydrogen-bond acceptors (Lipinski definition) is 4. The number of aromatic nitrogens is 3. The first-order valence-electron chi connectivity index (χ1n) is 8.21. The Morgan fingerprint density at radius 1 is 1.12 bits per heavy atom. The molecular weight excluding hydrogens is 371 g/mol. The van der Waals surface area contributed by atoms with Crippen molar-refractivity contribution in [2.24, 2.45) is 4.99 Å². The highest BCUT2D eigenvalue weighted by Gasteiger charge is 2.10. The van der Waals surface area contributed by atoms with Gasteiger partial charge in [-0.3, -0.25) is 4.99 Å². The third kappa shape index (κ3) is 5.31. The molecular formula is C19H18Cl2N4O. The van der Waals surface area contributed by atoms with Gasteiger partial charge in [-0.2, -0.15) is 5.10 Å². The molecule has 3 aromatic rings. The smallest absolute Gasteiger partial charge is 0.137 e. The predicted molar refractivity (Wildman–Crippen MR) is 104 cm³/mol.